The molecule has 0 aliphatic rings. The van der Waals surface area contributed by atoms with Crippen LogP contribution in [0, 0.1) is 10.1 Å². The number of benzene rings is 1. The largest absolute Gasteiger partial charge is 0.365 e. The molecule has 3 rings (SSSR count). The molecule has 0 saturated heterocycles. The number of pyridine rings is 1. The van der Waals surface area contributed by atoms with Crippen molar-refractivity contribution in [3.63, 3.8) is 0 Å². The highest BCUT2D eigenvalue weighted by atomic mass is 16.6. The van der Waals surface area contributed by atoms with Gasteiger partial charge in [0, 0.05) is 34.4 Å². The molecule has 3 N–H and O–H groups in total. The molecule has 0 radical (unpaired) electrons. The van der Waals surface area contributed by atoms with Crippen molar-refractivity contribution in [3.8, 4) is 0 Å². The number of fused-ring (bicyclic) bond motifs is 1. The number of rotatable bonds is 4. The van der Waals surface area contributed by atoms with E-state index in [1.165, 1.54) is 6.07 Å². The van der Waals surface area contributed by atoms with Gasteiger partial charge in [0.15, 0.2) is 0 Å². The van der Waals surface area contributed by atoms with Crippen molar-refractivity contribution in [2.24, 2.45) is 0 Å². The summed E-state index contributed by atoms with van der Waals surface area (Å²) in [5, 5.41) is 18.6. The molecule has 0 bridgehead atoms. The number of H-pyrrole nitrogens is 1. The van der Waals surface area contributed by atoms with Gasteiger partial charge >= 0.3 is 5.69 Å². The zero-order valence-corrected chi connectivity index (χ0v) is 13.8. The van der Waals surface area contributed by atoms with Crippen molar-refractivity contribution in [2.45, 2.75) is 26.3 Å². The van der Waals surface area contributed by atoms with Crippen molar-refractivity contribution in [2.75, 3.05) is 10.6 Å². The molecule has 0 aliphatic carbocycles. The standard InChI is InChI=1S/C17H19N5O2/c1-17(2,3)21-15-7-6-14(22(23)24)16(20-15)19-12-4-5-13-11(10-12)8-9-18-13/h4-10,18H,1-3H3,(H2,19,20,21). The first-order valence-corrected chi connectivity index (χ1v) is 7.60. The highest BCUT2D eigenvalue weighted by Crippen LogP contribution is 2.29. The summed E-state index contributed by atoms with van der Waals surface area (Å²) in [6.07, 6.45) is 1.85. The summed E-state index contributed by atoms with van der Waals surface area (Å²) in [6, 6.07) is 10.7. The van der Waals surface area contributed by atoms with E-state index in [1.54, 1.807) is 6.07 Å². The van der Waals surface area contributed by atoms with Crippen LogP contribution in [0.4, 0.5) is 23.0 Å². The molecule has 0 fully saturated rings. The predicted octanol–water partition coefficient (Wildman–Crippen LogP) is 4.43. The van der Waals surface area contributed by atoms with Gasteiger partial charge in [-0.05, 0) is 51.1 Å². The monoisotopic (exact) mass is 325 g/mol. The van der Waals surface area contributed by atoms with Crippen LogP contribution in [0.2, 0.25) is 0 Å². The lowest BCUT2D eigenvalue weighted by atomic mass is 10.1. The van der Waals surface area contributed by atoms with Gasteiger partial charge in [-0.2, -0.15) is 0 Å². The number of nitrogens with one attached hydrogen (secondary N) is 3. The first-order chi connectivity index (χ1) is 11.3. The van der Waals surface area contributed by atoms with Gasteiger partial charge in [0.25, 0.3) is 0 Å². The first kappa shape index (κ1) is 15.8. The number of aromatic nitrogens is 2. The number of nitrogens with zero attached hydrogens (tertiary/aromatic N) is 2. The van der Waals surface area contributed by atoms with E-state index in [4.69, 9.17) is 0 Å². The van der Waals surface area contributed by atoms with Crippen LogP contribution in [-0.2, 0) is 0 Å². The number of hydrogen-bond acceptors (Lipinski definition) is 5. The van der Waals surface area contributed by atoms with E-state index in [0.717, 1.165) is 16.6 Å². The molecule has 124 valence electrons. The third kappa shape index (κ3) is 3.45. The Balaban J connectivity index is 1.97. The van der Waals surface area contributed by atoms with Crippen LogP contribution < -0.4 is 10.6 Å². The van der Waals surface area contributed by atoms with Crippen molar-refractivity contribution in [3.05, 3.63) is 52.7 Å². The maximum Gasteiger partial charge on any atom is 0.311 e. The van der Waals surface area contributed by atoms with Crippen molar-refractivity contribution < 1.29 is 4.92 Å². The fraction of sp³-hybridized carbons (Fsp3) is 0.235. The van der Waals surface area contributed by atoms with Gasteiger partial charge < -0.3 is 15.6 Å². The second kappa shape index (κ2) is 5.84. The van der Waals surface area contributed by atoms with Gasteiger partial charge in [0.1, 0.15) is 5.82 Å². The molecular formula is C17H19N5O2. The van der Waals surface area contributed by atoms with Gasteiger partial charge in [-0.25, -0.2) is 4.98 Å². The van der Waals surface area contributed by atoms with Crippen molar-refractivity contribution in [1.29, 1.82) is 0 Å². The minimum Gasteiger partial charge on any atom is -0.365 e. The number of nitro groups is 1. The number of aromatic amines is 1. The molecular weight excluding hydrogens is 306 g/mol. The van der Waals surface area contributed by atoms with Crippen LogP contribution in [0.5, 0.6) is 0 Å². The highest BCUT2D eigenvalue weighted by Gasteiger charge is 2.18. The van der Waals surface area contributed by atoms with Gasteiger partial charge in [0.2, 0.25) is 5.82 Å². The number of anilines is 3. The lowest BCUT2D eigenvalue weighted by Crippen LogP contribution is -2.26. The molecule has 0 unspecified atom stereocenters. The molecule has 7 nitrogen and oxygen atoms in total. The fourth-order valence-electron chi connectivity index (χ4n) is 2.41. The second-order valence-corrected chi connectivity index (χ2v) is 6.60. The summed E-state index contributed by atoms with van der Waals surface area (Å²) in [6.45, 7) is 6.01. The zero-order valence-electron chi connectivity index (χ0n) is 13.8. The lowest BCUT2D eigenvalue weighted by Gasteiger charge is -2.21. The SMILES string of the molecule is CC(C)(C)Nc1ccc([N+](=O)[O-])c(Nc2ccc3[nH]ccc3c2)n1. The van der Waals surface area contributed by atoms with E-state index in [2.05, 4.69) is 20.6 Å². The van der Waals surface area contributed by atoms with E-state index in [1.807, 2.05) is 51.2 Å². The Morgan fingerprint density at radius 1 is 1.17 bits per heavy atom. The van der Waals surface area contributed by atoms with Crippen LogP contribution in [0.1, 0.15) is 20.8 Å². The molecule has 0 aliphatic heterocycles. The summed E-state index contributed by atoms with van der Waals surface area (Å²) < 4.78 is 0. The highest BCUT2D eigenvalue weighted by molar-refractivity contribution is 5.84. The topological polar surface area (TPSA) is 95.9 Å². The average Bonchev–Trinajstić information content (AvgIpc) is 2.93. The van der Waals surface area contributed by atoms with Gasteiger partial charge in [-0.3, -0.25) is 10.1 Å². The summed E-state index contributed by atoms with van der Waals surface area (Å²) in [7, 11) is 0. The molecule has 2 aromatic heterocycles. The molecule has 0 amide bonds. The normalized spacial score (nSPS) is 11.5. The Hall–Kier alpha value is -3.09. The molecule has 24 heavy (non-hydrogen) atoms. The average molecular weight is 325 g/mol. The third-order valence-electron chi connectivity index (χ3n) is 3.39. The zero-order chi connectivity index (χ0) is 17.3. The van der Waals surface area contributed by atoms with E-state index in [9.17, 15) is 10.1 Å². The summed E-state index contributed by atoms with van der Waals surface area (Å²) in [5.74, 6) is 0.794. The minimum absolute atomic E-state index is 0.0661. The Bertz CT molecular complexity index is 895. The van der Waals surface area contributed by atoms with Crippen molar-refractivity contribution >= 4 is 33.9 Å². The van der Waals surface area contributed by atoms with Gasteiger partial charge in [-0.15, -0.1) is 0 Å². The Morgan fingerprint density at radius 3 is 2.67 bits per heavy atom. The maximum absolute atomic E-state index is 11.3. The van der Waals surface area contributed by atoms with Crippen molar-refractivity contribution in [1.82, 2.24) is 9.97 Å². The molecule has 1 aromatic carbocycles. The Morgan fingerprint density at radius 2 is 1.96 bits per heavy atom. The van der Waals surface area contributed by atoms with E-state index in [0.29, 0.717) is 5.82 Å². The summed E-state index contributed by atoms with van der Waals surface area (Å²) >= 11 is 0. The fourth-order valence-corrected chi connectivity index (χ4v) is 2.41. The quantitative estimate of drug-likeness (QED) is 0.487. The Labute approximate surface area is 139 Å². The molecule has 3 aromatic rings. The third-order valence-corrected chi connectivity index (χ3v) is 3.39. The van der Waals surface area contributed by atoms with E-state index < -0.39 is 4.92 Å². The number of hydrogen-bond donors (Lipinski definition) is 3. The molecule has 2 heterocycles. The second-order valence-electron chi connectivity index (χ2n) is 6.60. The molecule has 0 atom stereocenters. The van der Waals surface area contributed by atoms with Gasteiger partial charge in [-0.1, -0.05) is 0 Å². The first-order valence-electron chi connectivity index (χ1n) is 7.60. The molecule has 0 spiro atoms. The van der Waals surface area contributed by atoms with Crippen LogP contribution in [-0.4, -0.2) is 20.4 Å². The van der Waals surface area contributed by atoms with E-state index >= 15 is 0 Å². The van der Waals surface area contributed by atoms with Crippen LogP contribution in [0.3, 0.4) is 0 Å². The summed E-state index contributed by atoms with van der Waals surface area (Å²) in [5.41, 5.74) is 1.49. The van der Waals surface area contributed by atoms with Crippen LogP contribution in [0.25, 0.3) is 10.9 Å². The van der Waals surface area contributed by atoms with Crippen LogP contribution >= 0.6 is 0 Å². The summed E-state index contributed by atoms with van der Waals surface area (Å²) in [4.78, 5) is 18.3. The van der Waals surface area contributed by atoms with Gasteiger partial charge in [0.05, 0.1) is 4.92 Å². The lowest BCUT2D eigenvalue weighted by molar-refractivity contribution is -0.384. The van der Waals surface area contributed by atoms with E-state index in [-0.39, 0.29) is 17.0 Å². The maximum atomic E-state index is 11.3. The molecule has 0 saturated carbocycles. The Kier molecular flexibility index (Phi) is 3.84. The molecule has 7 heteroatoms. The van der Waals surface area contributed by atoms with Crippen LogP contribution in [0.15, 0.2) is 42.6 Å². The smallest absolute Gasteiger partial charge is 0.311 e. The minimum atomic E-state index is -0.439. The predicted molar refractivity (Wildman–Crippen MR) is 95.8 cm³/mol.